The van der Waals surface area contributed by atoms with E-state index in [1.807, 2.05) is 20.8 Å². The normalized spacial score (nSPS) is 22.1. The van der Waals surface area contributed by atoms with Gasteiger partial charge < -0.3 is 10.0 Å². The van der Waals surface area contributed by atoms with Crippen LogP contribution in [0, 0.1) is 18.8 Å². The van der Waals surface area contributed by atoms with Crippen molar-refractivity contribution in [3.05, 3.63) is 10.6 Å². The Hall–Kier alpha value is -1.63. The predicted octanol–water partition coefficient (Wildman–Crippen LogP) is 2.20. The summed E-state index contributed by atoms with van der Waals surface area (Å²) in [6, 6.07) is -0.267. The number of aryl methyl sites for hydroxylation is 2. The Balaban J connectivity index is 2.00. The van der Waals surface area contributed by atoms with Crippen molar-refractivity contribution < 1.29 is 14.7 Å². The van der Waals surface area contributed by atoms with Crippen molar-refractivity contribution >= 4 is 28.5 Å². The van der Waals surface area contributed by atoms with Gasteiger partial charge in [0.25, 0.3) is 0 Å². The molecule has 1 aliphatic heterocycles. The third-order valence-electron chi connectivity index (χ3n) is 3.66. The zero-order valence-electron chi connectivity index (χ0n) is 11.8. The molecule has 0 aromatic carbocycles. The summed E-state index contributed by atoms with van der Waals surface area (Å²) in [6.45, 7) is 6.58. The van der Waals surface area contributed by atoms with Crippen molar-refractivity contribution in [1.82, 2.24) is 9.88 Å². The zero-order chi connectivity index (χ0) is 14.9. The molecule has 1 aromatic rings. The van der Waals surface area contributed by atoms with Crippen LogP contribution in [-0.4, -0.2) is 40.1 Å². The van der Waals surface area contributed by atoms with E-state index in [4.69, 9.17) is 5.11 Å². The molecule has 0 saturated carbocycles. The fourth-order valence-electron chi connectivity index (χ4n) is 2.43. The van der Waals surface area contributed by atoms with E-state index in [2.05, 4.69) is 10.3 Å². The lowest BCUT2D eigenvalue weighted by Gasteiger charge is -2.15. The van der Waals surface area contributed by atoms with Crippen molar-refractivity contribution in [3.8, 4) is 0 Å². The Labute approximate surface area is 121 Å². The highest BCUT2D eigenvalue weighted by molar-refractivity contribution is 7.15. The van der Waals surface area contributed by atoms with Crippen LogP contribution in [0.1, 0.15) is 24.4 Å². The number of thiazole rings is 1. The number of carboxylic acid groups (broad SMARTS) is 1. The molecule has 2 amide bonds. The SMILES string of the molecule is CCc1nc(NC(=O)N2C[C@@H](C)[C@H](C(=O)O)C2)sc1C. The number of amides is 2. The van der Waals surface area contributed by atoms with Gasteiger partial charge >= 0.3 is 12.0 Å². The predicted molar refractivity (Wildman–Crippen MR) is 77.1 cm³/mol. The lowest BCUT2D eigenvalue weighted by atomic mass is 9.99. The van der Waals surface area contributed by atoms with Gasteiger partial charge in [-0.1, -0.05) is 13.8 Å². The molecule has 20 heavy (non-hydrogen) atoms. The van der Waals surface area contributed by atoms with E-state index < -0.39 is 11.9 Å². The number of carbonyl (C=O) groups is 2. The van der Waals surface area contributed by atoms with Gasteiger partial charge in [-0.25, -0.2) is 9.78 Å². The fourth-order valence-corrected chi connectivity index (χ4v) is 3.33. The number of anilines is 1. The molecule has 2 rings (SSSR count). The number of carbonyl (C=O) groups excluding carboxylic acids is 1. The van der Waals surface area contributed by atoms with Gasteiger partial charge in [-0.3, -0.25) is 10.1 Å². The average Bonchev–Trinajstić information content (AvgIpc) is 2.92. The van der Waals surface area contributed by atoms with Gasteiger partial charge in [0.05, 0.1) is 11.6 Å². The highest BCUT2D eigenvalue weighted by Crippen LogP contribution is 2.26. The first kappa shape index (κ1) is 14.8. The first-order valence-electron chi connectivity index (χ1n) is 6.67. The van der Waals surface area contributed by atoms with E-state index in [0.29, 0.717) is 11.7 Å². The van der Waals surface area contributed by atoms with Crippen LogP contribution in [0.2, 0.25) is 0 Å². The smallest absolute Gasteiger partial charge is 0.323 e. The number of aromatic nitrogens is 1. The van der Waals surface area contributed by atoms with E-state index in [1.54, 1.807) is 4.90 Å². The molecule has 0 aliphatic carbocycles. The number of carboxylic acids is 1. The molecule has 2 N–H and O–H groups in total. The number of hydrogen-bond donors (Lipinski definition) is 2. The van der Waals surface area contributed by atoms with Crippen LogP contribution in [0.15, 0.2) is 0 Å². The molecule has 1 fully saturated rings. The topological polar surface area (TPSA) is 82.5 Å². The van der Waals surface area contributed by atoms with Crippen LogP contribution in [0.5, 0.6) is 0 Å². The highest BCUT2D eigenvalue weighted by atomic mass is 32.1. The number of likely N-dealkylation sites (tertiary alicyclic amines) is 1. The molecule has 2 atom stereocenters. The second kappa shape index (κ2) is 5.78. The van der Waals surface area contributed by atoms with Crippen LogP contribution in [0.25, 0.3) is 0 Å². The Morgan fingerprint density at radius 1 is 1.50 bits per heavy atom. The summed E-state index contributed by atoms with van der Waals surface area (Å²) < 4.78 is 0. The maximum absolute atomic E-state index is 12.1. The zero-order valence-corrected chi connectivity index (χ0v) is 12.7. The highest BCUT2D eigenvalue weighted by Gasteiger charge is 2.37. The van der Waals surface area contributed by atoms with E-state index in [1.165, 1.54) is 11.3 Å². The van der Waals surface area contributed by atoms with Crippen molar-refractivity contribution in [2.75, 3.05) is 18.4 Å². The fraction of sp³-hybridized carbons (Fsp3) is 0.615. The van der Waals surface area contributed by atoms with Gasteiger partial charge in [0, 0.05) is 18.0 Å². The molecule has 110 valence electrons. The molecule has 0 radical (unpaired) electrons. The molecule has 1 aromatic heterocycles. The molecule has 1 saturated heterocycles. The molecule has 0 spiro atoms. The Morgan fingerprint density at radius 3 is 2.70 bits per heavy atom. The van der Waals surface area contributed by atoms with Gasteiger partial charge in [0.1, 0.15) is 0 Å². The number of hydrogen-bond acceptors (Lipinski definition) is 4. The van der Waals surface area contributed by atoms with Crippen molar-refractivity contribution in [2.24, 2.45) is 11.8 Å². The maximum Gasteiger partial charge on any atom is 0.323 e. The lowest BCUT2D eigenvalue weighted by Crippen LogP contribution is -2.33. The van der Waals surface area contributed by atoms with Crippen LogP contribution in [0.3, 0.4) is 0 Å². The van der Waals surface area contributed by atoms with Crippen molar-refractivity contribution in [2.45, 2.75) is 27.2 Å². The summed E-state index contributed by atoms with van der Waals surface area (Å²) in [4.78, 5) is 30.2. The summed E-state index contributed by atoms with van der Waals surface area (Å²) in [5, 5.41) is 12.4. The maximum atomic E-state index is 12.1. The number of nitrogens with one attached hydrogen (secondary N) is 1. The number of aliphatic carboxylic acids is 1. The van der Waals surface area contributed by atoms with Crippen LogP contribution in [0.4, 0.5) is 9.93 Å². The quantitative estimate of drug-likeness (QED) is 0.896. The van der Waals surface area contributed by atoms with Gasteiger partial charge in [0.15, 0.2) is 5.13 Å². The molecular weight excluding hydrogens is 278 g/mol. The third-order valence-corrected chi connectivity index (χ3v) is 4.59. The summed E-state index contributed by atoms with van der Waals surface area (Å²) in [5.41, 5.74) is 0.989. The average molecular weight is 297 g/mol. The lowest BCUT2D eigenvalue weighted by molar-refractivity contribution is -0.142. The van der Waals surface area contributed by atoms with E-state index in [9.17, 15) is 9.59 Å². The molecule has 0 unspecified atom stereocenters. The minimum absolute atomic E-state index is 0.0255. The standard InChI is InChI=1S/C13H19N3O3S/c1-4-10-8(3)20-12(14-10)15-13(19)16-5-7(2)9(6-16)11(17)18/h7,9H,4-6H2,1-3H3,(H,17,18)(H,14,15,19)/t7-,9-/m1/s1. The van der Waals surface area contributed by atoms with Gasteiger partial charge in [-0.2, -0.15) is 0 Å². The first-order chi connectivity index (χ1) is 9.42. The van der Waals surface area contributed by atoms with E-state index >= 15 is 0 Å². The van der Waals surface area contributed by atoms with Gasteiger partial charge in [-0.15, -0.1) is 11.3 Å². The van der Waals surface area contributed by atoms with E-state index in [-0.39, 0.29) is 18.5 Å². The third kappa shape index (κ3) is 2.92. The molecule has 0 bridgehead atoms. The second-order valence-electron chi connectivity index (χ2n) is 5.13. The Kier molecular flexibility index (Phi) is 4.27. The Bertz CT molecular complexity index is 529. The Morgan fingerprint density at radius 2 is 2.20 bits per heavy atom. The molecule has 2 heterocycles. The minimum Gasteiger partial charge on any atom is -0.481 e. The molecule has 1 aliphatic rings. The second-order valence-corrected chi connectivity index (χ2v) is 6.34. The molecular formula is C13H19N3O3S. The van der Waals surface area contributed by atoms with Gasteiger partial charge in [0.2, 0.25) is 0 Å². The first-order valence-corrected chi connectivity index (χ1v) is 7.49. The summed E-state index contributed by atoms with van der Waals surface area (Å²) in [6.07, 6.45) is 0.833. The van der Waals surface area contributed by atoms with E-state index in [0.717, 1.165) is 17.0 Å². The van der Waals surface area contributed by atoms with Gasteiger partial charge in [-0.05, 0) is 19.3 Å². The molecule has 6 nitrogen and oxygen atoms in total. The minimum atomic E-state index is -0.842. The summed E-state index contributed by atoms with van der Waals surface area (Å²) in [5.74, 6) is -1.35. The summed E-state index contributed by atoms with van der Waals surface area (Å²) in [7, 11) is 0. The van der Waals surface area contributed by atoms with Crippen LogP contribution < -0.4 is 5.32 Å². The molecule has 7 heteroatoms. The number of urea groups is 1. The van der Waals surface area contributed by atoms with Crippen molar-refractivity contribution in [3.63, 3.8) is 0 Å². The van der Waals surface area contributed by atoms with Crippen LogP contribution in [-0.2, 0) is 11.2 Å². The number of rotatable bonds is 3. The summed E-state index contributed by atoms with van der Waals surface area (Å²) >= 11 is 1.45. The van der Waals surface area contributed by atoms with Crippen molar-refractivity contribution in [1.29, 1.82) is 0 Å². The van der Waals surface area contributed by atoms with Crippen LogP contribution >= 0.6 is 11.3 Å². The largest absolute Gasteiger partial charge is 0.481 e. The number of nitrogens with zero attached hydrogens (tertiary/aromatic N) is 2. The monoisotopic (exact) mass is 297 g/mol.